The first kappa shape index (κ1) is 23.7. The molecule has 1 aliphatic heterocycles. The Balaban J connectivity index is 1.49. The van der Waals surface area contributed by atoms with Gasteiger partial charge in [0.25, 0.3) is 11.8 Å². The quantitative estimate of drug-likeness (QED) is 0.479. The highest BCUT2D eigenvalue weighted by atomic mass is 35.5. The lowest BCUT2D eigenvalue weighted by atomic mass is 10.1. The molecule has 6 nitrogen and oxygen atoms in total. The molecule has 2 amide bonds. The predicted molar refractivity (Wildman–Crippen MR) is 136 cm³/mol. The molecule has 0 radical (unpaired) electrons. The largest absolute Gasteiger partial charge is 0.322 e. The maximum atomic E-state index is 13.1. The van der Waals surface area contributed by atoms with Crippen LogP contribution < -0.4 is 10.6 Å². The molecule has 2 aromatic carbocycles. The number of carbonyl (C=O) groups excluding carboxylic acids is 2. The van der Waals surface area contributed by atoms with Crippen molar-refractivity contribution >= 4 is 57.7 Å². The van der Waals surface area contributed by atoms with Crippen LogP contribution in [0.4, 0.5) is 11.4 Å². The lowest BCUT2D eigenvalue weighted by Gasteiger charge is -2.32. The van der Waals surface area contributed by atoms with Crippen molar-refractivity contribution in [3.63, 3.8) is 0 Å². The van der Waals surface area contributed by atoms with Crippen molar-refractivity contribution in [1.29, 1.82) is 0 Å². The zero-order valence-electron chi connectivity index (χ0n) is 18.1. The van der Waals surface area contributed by atoms with Crippen molar-refractivity contribution in [3.8, 4) is 0 Å². The van der Waals surface area contributed by atoms with Gasteiger partial charge in [0.2, 0.25) is 0 Å². The van der Waals surface area contributed by atoms with Gasteiger partial charge in [-0.1, -0.05) is 23.2 Å². The number of nitrogens with zero attached hydrogens (tertiary/aromatic N) is 2. The summed E-state index contributed by atoms with van der Waals surface area (Å²) in [6, 6.07) is 13.6. The molecule has 0 unspecified atom stereocenters. The van der Waals surface area contributed by atoms with Gasteiger partial charge in [0.1, 0.15) is 0 Å². The van der Waals surface area contributed by atoms with Crippen molar-refractivity contribution in [1.82, 2.24) is 9.80 Å². The first-order valence-electron chi connectivity index (χ1n) is 10.5. The summed E-state index contributed by atoms with van der Waals surface area (Å²) in [5.74, 6) is -0.615. The van der Waals surface area contributed by atoms with Gasteiger partial charge >= 0.3 is 0 Å². The lowest BCUT2D eigenvalue weighted by molar-refractivity contribution is 0.102. The average Bonchev–Trinajstić information content (AvgIpc) is 3.26. The normalized spacial score (nSPS) is 14.8. The number of hydrogen-bond donors (Lipinski definition) is 2. The van der Waals surface area contributed by atoms with Gasteiger partial charge in [0.05, 0.1) is 16.1 Å². The fraction of sp³-hybridized carbons (Fsp3) is 0.250. The highest BCUT2D eigenvalue weighted by molar-refractivity contribution is 7.12. The highest BCUT2D eigenvalue weighted by Crippen LogP contribution is 2.26. The molecule has 4 rings (SSSR count). The molecule has 0 saturated carbocycles. The standard InChI is InChI=1S/C24H24Cl2N4O2S/c1-29-9-11-30(12-10-29)15-16-8-13-33-22(16)24(32)28-21-7-4-18(26)14-20(21)23(31)27-19-5-2-17(25)3-6-19/h2-8,13-14H,9-12,15H2,1H3,(H,27,31)(H,28,32). The van der Waals surface area contributed by atoms with Gasteiger partial charge in [-0.15, -0.1) is 11.3 Å². The molecule has 0 bridgehead atoms. The van der Waals surface area contributed by atoms with Crippen molar-refractivity contribution in [2.75, 3.05) is 43.9 Å². The second-order valence-corrected chi connectivity index (χ2v) is 9.75. The van der Waals surface area contributed by atoms with Crippen LogP contribution in [0.25, 0.3) is 0 Å². The number of amides is 2. The molecule has 2 N–H and O–H groups in total. The molecule has 0 atom stereocenters. The number of likely N-dealkylation sites (N-methyl/N-ethyl adjacent to an activating group) is 1. The van der Waals surface area contributed by atoms with Crippen molar-refractivity contribution < 1.29 is 9.59 Å². The Kier molecular flexibility index (Phi) is 7.67. The molecule has 172 valence electrons. The minimum Gasteiger partial charge on any atom is -0.322 e. The van der Waals surface area contributed by atoms with Crippen LogP contribution in [0.15, 0.2) is 53.9 Å². The maximum Gasteiger partial charge on any atom is 0.266 e. The van der Waals surface area contributed by atoms with E-state index < -0.39 is 0 Å². The van der Waals surface area contributed by atoms with E-state index in [-0.39, 0.29) is 17.4 Å². The summed E-state index contributed by atoms with van der Waals surface area (Å²) < 4.78 is 0. The molecule has 2 heterocycles. The van der Waals surface area contributed by atoms with Crippen molar-refractivity contribution in [3.05, 3.63) is 80.0 Å². The molecule has 1 fully saturated rings. The van der Waals surface area contributed by atoms with Crippen LogP contribution in [0, 0.1) is 0 Å². The number of carbonyl (C=O) groups is 2. The van der Waals surface area contributed by atoms with Gasteiger partial charge < -0.3 is 15.5 Å². The third-order valence-corrected chi connectivity index (χ3v) is 6.96. The van der Waals surface area contributed by atoms with Gasteiger partial charge in [-0.25, -0.2) is 0 Å². The number of thiophene rings is 1. The highest BCUT2D eigenvalue weighted by Gasteiger charge is 2.21. The molecule has 0 spiro atoms. The lowest BCUT2D eigenvalue weighted by Crippen LogP contribution is -2.44. The summed E-state index contributed by atoms with van der Waals surface area (Å²) >= 11 is 13.5. The van der Waals surface area contributed by atoms with E-state index >= 15 is 0 Å². The van der Waals surface area contributed by atoms with Crippen LogP contribution in [0.1, 0.15) is 25.6 Å². The van der Waals surface area contributed by atoms with Crippen LogP contribution in [0.5, 0.6) is 0 Å². The summed E-state index contributed by atoms with van der Waals surface area (Å²) in [6.45, 7) is 4.70. The number of halogens is 2. The Morgan fingerprint density at radius 3 is 2.33 bits per heavy atom. The summed E-state index contributed by atoms with van der Waals surface area (Å²) in [5, 5.41) is 8.63. The third-order valence-electron chi connectivity index (χ3n) is 5.52. The zero-order valence-corrected chi connectivity index (χ0v) is 20.4. The predicted octanol–water partition coefficient (Wildman–Crippen LogP) is 5.31. The third kappa shape index (κ3) is 6.13. The minimum absolute atomic E-state index is 0.239. The molecule has 9 heteroatoms. The van der Waals surface area contributed by atoms with E-state index in [4.69, 9.17) is 23.2 Å². The van der Waals surface area contributed by atoms with Gasteiger partial charge in [0.15, 0.2) is 0 Å². The molecule has 33 heavy (non-hydrogen) atoms. The first-order chi connectivity index (χ1) is 15.9. The second-order valence-electron chi connectivity index (χ2n) is 7.96. The monoisotopic (exact) mass is 502 g/mol. The first-order valence-corrected chi connectivity index (χ1v) is 12.2. The average molecular weight is 503 g/mol. The number of nitrogens with one attached hydrogen (secondary N) is 2. The molecule has 1 aliphatic rings. The topological polar surface area (TPSA) is 64.7 Å². The van der Waals surface area contributed by atoms with Crippen LogP contribution >= 0.6 is 34.5 Å². The van der Waals surface area contributed by atoms with E-state index in [9.17, 15) is 9.59 Å². The van der Waals surface area contributed by atoms with Crippen molar-refractivity contribution in [2.24, 2.45) is 0 Å². The SMILES string of the molecule is CN1CCN(Cc2ccsc2C(=O)Nc2ccc(Cl)cc2C(=O)Nc2ccc(Cl)cc2)CC1. The Morgan fingerprint density at radius 1 is 0.909 bits per heavy atom. The van der Waals surface area contributed by atoms with Gasteiger partial charge in [0, 0.05) is 48.5 Å². The van der Waals surface area contributed by atoms with E-state index in [1.165, 1.54) is 11.3 Å². The van der Waals surface area contributed by atoms with Gasteiger partial charge in [-0.2, -0.15) is 0 Å². The smallest absolute Gasteiger partial charge is 0.266 e. The van der Waals surface area contributed by atoms with Gasteiger partial charge in [-0.05, 0) is 66.5 Å². The van der Waals surface area contributed by atoms with E-state index in [0.717, 1.165) is 38.3 Å². The Morgan fingerprint density at radius 2 is 1.61 bits per heavy atom. The van der Waals surface area contributed by atoms with E-state index in [2.05, 4.69) is 27.5 Å². The summed E-state index contributed by atoms with van der Waals surface area (Å²) in [5.41, 5.74) is 2.26. The van der Waals surface area contributed by atoms with E-state index in [1.807, 2.05) is 11.4 Å². The fourth-order valence-electron chi connectivity index (χ4n) is 3.63. The number of hydrogen-bond acceptors (Lipinski definition) is 5. The Hall–Kier alpha value is -2.42. The van der Waals surface area contributed by atoms with Crippen LogP contribution in [0.3, 0.4) is 0 Å². The summed E-state index contributed by atoms with van der Waals surface area (Å²) in [6.07, 6.45) is 0. The molecule has 1 saturated heterocycles. The van der Waals surface area contributed by atoms with Crippen molar-refractivity contribution in [2.45, 2.75) is 6.54 Å². The maximum absolute atomic E-state index is 13.1. The van der Waals surface area contributed by atoms with E-state index in [0.29, 0.717) is 26.3 Å². The second kappa shape index (κ2) is 10.7. The molecular formula is C24H24Cl2N4O2S. The van der Waals surface area contributed by atoms with Gasteiger partial charge in [-0.3, -0.25) is 14.5 Å². The molecule has 3 aromatic rings. The summed E-state index contributed by atoms with van der Waals surface area (Å²) in [7, 11) is 2.12. The van der Waals surface area contributed by atoms with E-state index in [1.54, 1.807) is 42.5 Å². The minimum atomic E-state index is -0.376. The van der Waals surface area contributed by atoms with Crippen LogP contribution in [0.2, 0.25) is 10.0 Å². The zero-order chi connectivity index (χ0) is 23.4. The number of anilines is 2. The Labute approximate surface area is 207 Å². The summed E-state index contributed by atoms with van der Waals surface area (Å²) in [4.78, 5) is 31.4. The fourth-order valence-corrected chi connectivity index (χ4v) is 4.74. The Bertz CT molecular complexity index is 1140. The number of benzene rings is 2. The molecular weight excluding hydrogens is 479 g/mol. The number of rotatable bonds is 6. The number of piperazine rings is 1. The van der Waals surface area contributed by atoms with Crippen LogP contribution in [-0.2, 0) is 6.54 Å². The molecule has 0 aliphatic carbocycles. The molecule has 1 aromatic heterocycles. The van der Waals surface area contributed by atoms with Crippen LogP contribution in [-0.4, -0.2) is 54.8 Å².